The second-order valence-corrected chi connectivity index (χ2v) is 8.17. The van der Waals surface area contributed by atoms with Crippen molar-refractivity contribution in [1.82, 2.24) is 10.2 Å². The van der Waals surface area contributed by atoms with E-state index in [9.17, 15) is 0 Å². The number of rotatable bonds is 5. The molecule has 4 aromatic rings. The first-order chi connectivity index (χ1) is 15.4. The van der Waals surface area contributed by atoms with Gasteiger partial charge in [0, 0.05) is 25.7 Å². The highest BCUT2D eigenvalue weighted by Crippen LogP contribution is 2.43. The standard InChI is InChI=1S/C29H28N2/c1-5-13-24(14-6-1)28-23-31(22-21-30-28)29(25-15-7-2-8-16-25,26-17-9-3-10-18-26)27-19-11-4-12-20-27/h1-20,28,30H,21-23H2. The Hall–Kier alpha value is -3.20. The van der Waals surface area contributed by atoms with E-state index < -0.39 is 0 Å². The van der Waals surface area contributed by atoms with Gasteiger partial charge in [0.05, 0.1) is 5.54 Å². The van der Waals surface area contributed by atoms with Crippen LogP contribution >= 0.6 is 0 Å². The Morgan fingerprint density at radius 2 is 1.00 bits per heavy atom. The predicted octanol–water partition coefficient (Wildman–Crippen LogP) is 5.63. The molecular formula is C29H28N2. The normalized spacial score (nSPS) is 17.4. The molecule has 4 aromatic carbocycles. The Bertz CT molecular complexity index is 982. The van der Waals surface area contributed by atoms with Crippen LogP contribution in [0.1, 0.15) is 28.3 Å². The molecule has 1 aliphatic heterocycles. The van der Waals surface area contributed by atoms with Gasteiger partial charge in [-0.3, -0.25) is 4.90 Å². The van der Waals surface area contributed by atoms with Crippen molar-refractivity contribution >= 4 is 0 Å². The molecule has 0 aliphatic carbocycles. The number of benzene rings is 4. The number of nitrogens with one attached hydrogen (secondary N) is 1. The molecule has 1 saturated heterocycles. The topological polar surface area (TPSA) is 15.3 Å². The fourth-order valence-corrected chi connectivity index (χ4v) is 5.05. The second kappa shape index (κ2) is 8.89. The Balaban J connectivity index is 1.70. The summed E-state index contributed by atoms with van der Waals surface area (Å²) >= 11 is 0. The number of hydrogen-bond donors (Lipinski definition) is 1. The monoisotopic (exact) mass is 404 g/mol. The Morgan fingerprint density at radius 3 is 1.45 bits per heavy atom. The fourth-order valence-electron chi connectivity index (χ4n) is 5.05. The molecule has 1 fully saturated rings. The van der Waals surface area contributed by atoms with Gasteiger partial charge in [0.2, 0.25) is 0 Å². The lowest BCUT2D eigenvalue weighted by Gasteiger charge is -2.49. The lowest BCUT2D eigenvalue weighted by molar-refractivity contribution is 0.111. The molecule has 1 aliphatic rings. The number of piperazine rings is 1. The van der Waals surface area contributed by atoms with Crippen LogP contribution in [0.15, 0.2) is 121 Å². The minimum absolute atomic E-state index is 0.297. The van der Waals surface area contributed by atoms with Crippen molar-refractivity contribution < 1.29 is 0 Å². The Morgan fingerprint density at radius 1 is 0.581 bits per heavy atom. The summed E-state index contributed by atoms with van der Waals surface area (Å²) in [5.74, 6) is 0. The maximum absolute atomic E-state index is 3.75. The lowest BCUT2D eigenvalue weighted by Crippen LogP contribution is -2.56. The van der Waals surface area contributed by atoms with Crippen molar-refractivity contribution in [2.75, 3.05) is 19.6 Å². The second-order valence-electron chi connectivity index (χ2n) is 8.17. The highest BCUT2D eigenvalue weighted by molar-refractivity contribution is 5.50. The van der Waals surface area contributed by atoms with Gasteiger partial charge < -0.3 is 5.32 Å². The number of hydrogen-bond acceptors (Lipinski definition) is 2. The van der Waals surface area contributed by atoms with Gasteiger partial charge in [0.25, 0.3) is 0 Å². The third-order valence-electron chi connectivity index (χ3n) is 6.43. The Labute approximate surface area is 185 Å². The van der Waals surface area contributed by atoms with E-state index in [-0.39, 0.29) is 5.54 Å². The van der Waals surface area contributed by atoms with E-state index in [1.807, 2.05) is 0 Å². The molecule has 5 rings (SSSR count). The molecule has 0 amide bonds. The van der Waals surface area contributed by atoms with E-state index in [0.29, 0.717) is 6.04 Å². The van der Waals surface area contributed by atoms with Crippen LogP contribution in [0.2, 0.25) is 0 Å². The van der Waals surface area contributed by atoms with Crippen LogP contribution in [0.4, 0.5) is 0 Å². The molecule has 1 heterocycles. The van der Waals surface area contributed by atoms with Crippen molar-refractivity contribution in [3.8, 4) is 0 Å². The van der Waals surface area contributed by atoms with Crippen LogP contribution in [-0.4, -0.2) is 24.5 Å². The molecule has 1 N–H and O–H groups in total. The molecule has 31 heavy (non-hydrogen) atoms. The first-order valence-electron chi connectivity index (χ1n) is 11.1. The van der Waals surface area contributed by atoms with Gasteiger partial charge in [-0.2, -0.15) is 0 Å². The largest absolute Gasteiger partial charge is 0.308 e. The molecule has 0 saturated carbocycles. The Kier molecular flexibility index (Phi) is 5.66. The average Bonchev–Trinajstić information content (AvgIpc) is 2.87. The molecule has 1 atom stereocenters. The van der Waals surface area contributed by atoms with E-state index >= 15 is 0 Å². The van der Waals surface area contributed by atoms with Crippen molar-refractivity contribution in [2.24, 2.45) is 0 Å². The van der Waals surface area contributed by atoms with Crippen LogP contribution in [0.3, 0.4) is 0 Å². The summed E-state index contributed by atoms with van der Waals surface area (Å²) in [6.07, 6.45) is 0. The molecule has 2 heteroatoms. The van der Waals surface area contributed by atoms with Crippen LogP contribution in [-0.2, 0) is 5.54 Å². The smallest absolute Gasteiger partial charge is 0.0974 e. The molecule has 2 nitrogen and oxygen atoms in total. The maximum atomic E-state index is 3.75. The minimum atomic E-state index is -0.348. The van der Waals surface area contributed by atoms with Gasteiger partial charge in [0.15, 0.2) is 0 Å². The average molecular weight is 405 g/mol. The maximum Gasteiger partial charge on any atom is 0.0974 e. The SMILES string of the molecule is c1ccc(C2CN(C(c3ccccc3)(c3ccccc3)c3ccccc3)CCN2)cc1. The zero-order valence-electron chi connectivity index (χ0n) is 17.7. The molecule has 154 valence electrons. The van der Waals surface area contributed by atoms with E-state index in [2.05, 4.69) is 132 Å². The predicted molar refractivity (Wildman–Crippen MR) is 128 cm³/mol. The first kappa shape index (κ1) is 19.7. The summed E-state index contributed by atoms with van der Waals surface area (Å²) in [5, 5.41) is 3.75. The zero-order chi connectivity index (χ0) is 20.9. The van der Waals surface area contributed by atoms with Crippen molar-refractivity contribution in [3.05, 3.63) is 144 Å². The molecule has 0 spiro atoms. The minimum Gasteiger partial charge on any atom is -0.308 e. The third kappa shape index (κ3) is 3.69. The van der Waals surface area contributed by atoms with Crippen LogP contribution in [0, 0.1) is 0 Å². The summed E-state index contributed by atoms with van der Waals surface area (Å²) in [7, 11) is 0. The van der Waals surface area contributed by atoms with Gasteiger partial charge in [-0.1, -0.05) is 121 Å². The summed E-state index contributed by atoms with van der Waals surface area (Å²) in [6.45, 7) is 2.86. The van der Waals surface area contributed by atoms with E-state index in [4.69, 9.17) is 0 Å². The van der Waals surface area contributed by atoms with Crippen LogP contribution < -0.4 is 5.32 Å². The summed E-state index contributed by atoms with van der Waals surface area (Å²) in [4.78, 5) is 2.67. The zero-order valence-corrected chi connectivity index (χ0v) is 17.7. The van der Waals surface area contributed by atoms with Gasteiger partial charge in [-0.25, -0.2) is 0 Å². The van der Waals surface area contributed by atoms with Gasteiger partial charge in [-0.15, -0.1) is 0 Å². The molecule has 0 bridgehead atoms. The highest BCUT2D eigenvalue weighted by Gasteiger charge is 2.43. The van der Waals surface area contributed by atoms with Crippen molar-refractivity contribution in [2.45, 2.75) is 11.6 Å². The fraction of sp³-hybridized carbons (Fsp3) is 0.172. The van der Waals surface area contributed by atoms with Gasteiger partial charge >= 0.3 is 0 Å². The van der Waals surface area contributed by atoms with Crippen LogP contribution in [0.5, 0.6) is 0 Å². The summed E-state index contributed by atoms with van der Waals surface area (Å²) < 4.78 is 0. The quantitative estimate of drug-likeness (QED) is 0.434. The van der Waals surface area contributed by atoms with Gasteiger partial charge in [0.1, 0.15) is 0 Å². The van der Waals surface area contributed by atoms with E-state index in [0.717, 1.165) is 19.6 Å². The third-order valence-corrected chi connectivity index (χ3v) is 6.43. The van der Waals surface area contributed by atoms with E-state index in [1.54, 1.807) is 0 Å². The van der Waals surface area contributed by atoms with Crippen molar-refractivity contribution in [1.29, 1.82) is 0 Å². The molecule has 0 aromatic heterocycles. The highest BCUT2D eigenvalue weighted by atomic mass is 15.3. The summed E-state index contributed by atoms with van der Waals surface area (Å²) in [5.41, 5.74) is 4.91. The molecular weight excluding hydrogens is 376 g/mol. The first-order valence-corrected chi connectivity index (χ1v) is 11.1. The van der Waals surface area contributed by atoms with Gasteiger partial charge in [-0.05, 0) is 22.3 Å². The van der Waals surface area contributed by atoms with Crippen LogP contribution in [0.25, 0.3) is 0 Å². The van der Waals surface area contributed by atoms with E-state index in [1.165, 1.54) is 22.3 Å². The van der Waals surface area contributed by atoms with Crippen molar-refractivity contribution in [3.63, 3.8) is 0 Å². The lowest BCUT2D eigenvalue weighted by atomic mass is 9.75. The molecule has 0 radical (unpaired) electrons. The molecule has 1 unspecified atom stereocenters. The number of nitrogens with zero attached hydrogens (tertiary/aromatic N) is 1. The summed E-state index contributed by atoms with van der Waals surface area (Å²) in [6, 6.07) is 44.1.